The van der Waals surface area contributed by atoms with Gasteiger partial charge in [0, 0.05) is 27.2 Å². The van der Waals surface area contributed by atoms with Crippen LogP contribution in [0, 0.1) is 0 Å². The van der Waals surface area contributed by atoms with E-state index in [1.807, 2.05) is 23.5 Å². The predicted octanol–water partition coefficient (Wildman–Crippen LogP) is 4.59. The van der Waals surface area contributed by atoms with Crippen LogP contribution in [0.15, 0.2) is 24.3 Å². The molecule has 1 heterocycles. The average molecular weight is 266 g/mol. The van der Waals surface area contributed by atoms with Crippen molar-refractivity contribution in [2.75, 3.05) is 0 Å². The summed E-state index contributed by atoms with van der Waals surface area (Å²) in [5, 5.41) is 5.74. The molecule has 1 aromatic heterocycles. The summed E-state index contributed by atoms with van der Waals surface area (Å²) in [7, 11) is 0. The number of fused-ring (bicyclic) bond motifs is 1. The summed E-state index contributed by atoms with van der Waals surface area (Å²) in [5.74, 6) is 0. The molecule has 1 aliphatic rings. The zero-order valence-corrected chi connectivity index (χ0v) is 11.3. The van der Waals surface area contributed by atoms with E-state index in [0.29, 0.717) is 0 Å². The van der Waals surface area contributed by atoms with E-state index >= 15 is 0 Å². The van der Waals surface area contributed by atoms with Gasteiger partial charge in [0.15, 0.2) is 0 Å². The summed E-state index contributed by atoms with van der Waals surface area (Å²) < 4.78 is 1.33. The summed E-state index contributed by atoms with van der Waals surface area (Å²) in [5.41, 5.74) is 0. The van der Waals surface area contributed by atoms with Crippen LogP contribution in [0.5, 0.6) is 0 Å². The van der Waals surface area contributed by atoms with Crippen molar-refractivity contribution in [3.05, 3.63) is 34.2 Å². The predicted molar refractivity (Wildman–Crippen MR) is 75.9 cm³/mol. The molecule has 0 bridgehead atoms. The van der Waals surface area contributed by atoms with Gasteiger partial charge >= 0.3 is 0 Å². The van der Waals surface area contributed by atoms with Crippen LogP contribution in [0.25, 0.3) is 10.1 Å². The minimum atomic E-state index is 0.740. The standard InChI is InChI=1S/C14H16ClNS/c15-11-5-6-14-10(7-11)8-13(17-14)9-16-12-3-1-2-4-12/h5-8,12,16H,1-4,9H2. The summed E-state index contributed by atoms with van der Waals surface area (Å²) in [6, 6.07) is 9.12. The van der Waals surface area contributed by atoms with Crippen LogP contribution in [-0.4, -0.2) is 6.04 Å². The van der Waals surface area contributed by atoms with Crippen molar-refractivity contribution in [3.8, 4) is 0 Å². The second-order valence-corrected chi connectivity index (χ2v) is 6.36. The number of rotatable bonds is 3. The third-order valence-corrected chi connectivity index (χ3v) is 4.80. The first-order chi connectivity index (χ1) is 8.31. The maximum Gasteiger partial charge on any atom is 0.0412 e. The first-order valence-electron chi connectivity index (χ1n) is 6.22. The molecule has 2 aromatic rings. The van der Waals surface area contributed by atoms with Gasteiger partial charge in [-0.3, -0.25) is 0 Å². The molecule has 1 fully saturated rings. The highest BCUT2D eigenvalue weighted by molar-refractivity contribution is 7.19. The molecular weight excluding hydrogens is 250 g/mol. The Morgan fingerprint density at radius 1 is 1.24 bits per heavy atom. The van der Waals surface area contributed by atoms with Gasteiger partial charge in [0.1, 0.15) is 0 Å². The van der Waals surface area contributed by atoms with E-state index in [1.54, 1.807) is 0 Å². The van der Waals surface area contributed by atoms with Crippen molar-refractivity contribution < 1.29 is 0 Å². The van der Waals surface area contributed by atoms with Crippen molar-refractivity contribution in [3.63, 3.8) is 0 Å². The van der Waals surface area contributed by atoms with E-state index in [0.717, 1.165) is 17.6 Å². The van der Waals surface area contributed by atoms with Crippen molar-refractivity contribution in [2.45, 2.75) is 38.3 Å². The van der Waals surface area contributed by atoms with Crippen LogP contribution >= 0.6 is 22.9 Å². The van der Waals surface area contributed by atoms with Gasteiger partial charge in [0.2, 0.25) is 0 Å². The van der Waals surface area contributed by atoms with E-state index in [9.17, 15) is 0 Å². The largest absolute Gasteiger partial charge is 0.309 e. The third kappa shape index (κ3) is 2.65. The van der Waals surface area contributed by atoms with Crippen molar-refractivity contribution in [2.24, 2.45) is 0 Å². The Balaban J connectivity index is 1.72. The van der Waals surface area contributed by atoms with Gasteiger partial charge in [0.25, 0.3) is 0 Å². The Morgan fingerprint density at radius 2 is 2.06 bits per heavy atom. The molecule has 1 N–H and O–H groups in total. The molecule has 0 unspecified atom stereocenters. The fourth-order valence-corrected chi connectivity index (χ4v) is 3.71. The Kier molecular flexibility index (Phi) is 3.37. The zero-order chi connectivity index (χ0) is 11.7. The summed E-state index contributed by atoms with van der Waals surface area (Å²) in [4.78, 5) is 1.41. The Labute approximate surface area is 111 Å². The minimum Gasteiger partial charge on any atom is -0.309 e. The fourth-order valence-electron chi connectivity index (χ4n) is 2.53. The lowest BCUT2D eigenvalue weighted by molar-refractivity contribution is 0.527. The zero-order valence-electron chi connectivity index (χ0n) is 9.71. The van der Waals surface area contributed by atoms with Gasteiger partial charge in [-0.2, -0.15) is 0 Å². The molecule has 0 spiro atoms. The molecule has 1 saturated carbocycles. The van der Waals surface area contributed by atoms with Crippen LogP contribution in [0.3, 0.4) is 0 Å². The topological polar surface area (TPSA) is 12.0 Å². The Bertz CT molecular complexity index is 514. The Morgan fingerprint density at radius 3 is 2.88 bits per heavy atom. The lowest BCUT2D eigenvalue weighted by Crippen LogP contribution is -2.24. The van der Waals surface area contributed by atoms with E-state index in [4.69, 9.17) is 11.6 Å². The highest BCUT2D eigenvalue weighted by Crippen LogP contribution is 2.28. The van der Waals surface area contributed by atoms with Gasteiger partial charge in [-0.1, -0.05) is 24.4 Å². The first kappa shape index (κ1) is 11.5. The second-order valence-electron chi connectivity index (χ2n) is 4.76. The van der Waals surface area contributed by atoms with E-state index in [1.165, 1.54) is 40.6 Å². The third-order valence-electron chi connectivity index (χ3n) is 3.45. The number of halogens is 1. The van der Waals surface area contributed by atoms with Crippen molar-refractivity contribution in [1.29, 1.82) is 0 Å². The molecule has 0 atom stereocenters. The van der Waals surface area contributed by atoms with Crippen molar-refractivity contribution >= 4 is 33.0 Å². The molecule has 0 saturated heterocycles. The highest BCUT2D eigenvalue weighted by atomic mass is 35.5. The molecule has 90 valence electrons. The summed E-state index contributed by atoms with van der Waals surface area (Å²) in [6.45, 7) is 1.00. The van der Waals surface area contributed by atoms with Crippen LogP contribution in [0.2, 0.25) is 5.02 Å². The monoisotopic (exact) mass is 265 g/mol. The molecule has 17 heavy (non-hydrogen) atoms. The molecule has 1 aromatic carbocycles. The van der Waals surface area contributed by atoms with Gasteiger partial charge in [-0.15, -0.1) is 11.3 Å². The quantitative estimate of drug-likeness (QED) is 0.856. The smallest absolute Gasteiger partial charge is 0.0412 e. The average Bonchev–Trinajstić information content (AvgIpc) is 2.94. The van der Waals surface area contributed by atoms with E-state index < -0.39 is 0 Å². The van der Waals surface area contributed by atoms with Gasteiger partial charge in [0.05, 0.1) is 0 Å². The molecule has 0 amide bonds. The molecule has 1 aliphatic carbocycles. The van der Waals surface area contributed by atoms with Gasteiger partial charge < -0.3 is 5.32 Å². The van der Waals surface area contributed by atoms with Crippen LogP contribution < -0.4 is 5.32 Å². The van der Waals surface area contributed by atoms with E-state index in [2.05, 4.69) is 17.4 Å². The first-order valence-corrected chi connectivity index (χ1v) is 7.42. The lowest BCUT2D eigenvalue weighted by Gasteiger charge is -2.09. The number of hydrogen-bond acceptors (Lipinski definition) is 2. The summed E-state index contributed by atoms with van der Waals surface area (Å²) >= 11 is 7.87. The van der Waals surface area contributed by atoms with E-state index in [-0.39, 0.29) is 0 Å². The molecular formula is C14H16ClNS. The number of thiophene rings is 1. The summed E-state index contributed by atoms with van der Waals surface area (Å²) in [6.07, 6.45) is 5.47. The number of nitrogens with one attached hydrogen (secondary N) is 1. The Hall–Kier alpha value is -0.570. The number of hydrogen-bond donors (Lipinski definition) is 1. The molecule has 3 heteroatoms. The van der Waals surface area contributed by atoms with Gasteiger partial charge in [-0.25, -0.2) is 0 Å². The number of benzene rings is 1. The van der Waals surface area contributed by atoms with Crippen molar-refractivity contribution in [1.82, 2.24) is 5.32 Å². The maximum atomic E-state index is 6.00. The molecule has 0 aliphatic heterocycles. The van der Waals surface area contributed by atoms with Crippen LogP contribution in [-0.2, 0) is 6.54 Å². The molecule has 0 radical (unpaired) electrons. The SMILES string of the molecule is Clc1ccc2sc(CNC3CCCC3)cc2c1. The highest BCUT2D eigenvalue weighted by Gasteiger charge is 2.14. The fraction of sp³-hybridized carbons (Fsp3) is 0.429. The normalized spacial score (nSPS) is 17.0. The maximum absolute atomic E-state index is 6.00. The lowest BCUT2D eigenvalue weighted by atomic mass is 10.2. The molecule has 1 nitrogen and oxygen atoms in total. The second kappa shape index (κ2) is 4.97. The molecule has 3 rings (SSSR count). The van der Waals surface area contributed by atoms with Gasteiger partial charge in [-0.05, 0) is 42.5 Å². The van der Waals surface area contributed by atoms with Crippen LogP contribution in [0.4, 0.5) is 0 Å². The van der Waals surface area contributed by atoms with Crippen LogP contribution in [0.1, 0.15) is 30.6 Å². The minimum absolute atomic E-state index is 0.740.